The molecule has 138 valence electrons. The van der Waals surface area contributed by atoms with Gasteiger partial charge in [0.05, 0.1) is 21.6 Å². The van der Waals surface area contributed by atoms with Crippen molar-refractivity contribution in [1.82, 2.24) is 10.2 Å². The van der Waals surface area contributed by atoms with Crippen molar-refractivity contribution in [3.05, 3.63) is 55.2 Å². The third-order valence-electron chi connectivity index (χ3n) is 3.94. The summed E-state index contributed by atoms with van der Waals surface area (Å²) in [5, 5.41) is 27.2. The van der Waals surface area contributed by atoms with Gasteiger partial charge in [-0.15, -0.1) is 36.2 Å². The summed E-state index contributed by atoms with van der Waals surface area (Å²) in [6, 6.07) is 6.18. The molecule has 0 unspecified atom stereocenters. The van der Waals surface area contributed by atoms with E-state index < -0.39 is 4.92 Å². The highest BCUT2D eigenvalue weighted by Gasteiger charge is 2.34. The third kappa shape index (κ3) is 4.55. The zero-order valence-corrected chi connectivity index (χ0v) is 16.3. The van der Waals surface area contributed by atoms with Gasteiger partial charge in [0.25, 0.3) is 5.69 Å². The first-order valence-corrected chi connectivity index (χ1v) is 8.49. The Morgan fingerprint density at radius 1 is 1.28 bits per heavy atom. The van der Waals surface area contributed by atoms with Crippen molar-refractivity contribution >= 4 is 53.4 Å². The Morgan fingerprint density at radius 3 is 2.52 bits per heavy atom. The molecule has 1 aromatic carbocycles. The molecule has 1 aromatic heterocycles. The predicted octanol–water partition coefficient (Wildman–Crippen LogP) is 3.85. The Balaban J connectivity index is 0.00000156. The number of hydrogen-bond donors (Lipinski definition) is 2. The number of rotatable bonds is 4. The van der Waals surface area contributed by atoms with Crippen molar-refractivity contribution in [1.29, 1.82) is 0 Å². The molecule has 0 radical (unpaired) electrons. The van der Waals surface area contributed by atoms with Gasteiger partial charge in [-0.1, -0.05) is 17.7 Å². The van der Waals surface area contributed by atoms with Crippen molar-refractivity contribution in [2.45, 2.75) is 6.04 Å². The van der Waals surface area contributed by atoms with Crippen LogP contribution in [0.2, 0.25) is 5.02 Å². The van der Waals surface area contributed by atoms with Gasteiger partial charge in [0.15, 0.2) is 0 Å². The average Bonchev–Trinajstić information content (AvgIpc) is 3.07. The SMILES string of the molecule is Cl.Cl.O=[N+]([O-])c1ccc(Cl)c(O)c1[C@@H](c1cccs1)N1CCNCC1. The van der Waals surface area contributed by atoms with Gasteiger partial charge in [-0.3, -0.25) is 15.0 Å². The molecule has 25 heavy (non-hydrogen) atoms. The van der Waals surface area contributed by atoms with Gasteiger partial charge in [-0.2, -0.15) is 0 Å². The number of hydrogen-bond acceptors (Lipinski definition) is 6. The first-order valence-electron chi connectivity index (χ1n) is 7.23. The Kier molecular flexibility index (Phi) is 8.40. The summed E-state index contributed by atoms with van der Waals surface area (Å²) < 4.78 is 0. The molecule has 0 bridgehead atoms. The molecule has 2 heterocycles. The Bertz CT molecular complexity index is 710. The van der Waals surface area contributed by atoms with E-state index in [0.717, 1.165) is 31.1 Å². The first-order chi connectivity index (χ1) is 11.1. The number of phenolic OH excluding ortho intramolecular Hbond substituents is 1. The lowest BCUT2D eigenvalue weighted by Gasteiger charge is -2.34. The summed E-state index contributed by atoms with van der Waals surface area (Å²) in [5.41, 5.74) is 0.163. The molecule has 2 aromatic rings. The number of piperazine rings is 1. The molecular weight excluding hydrogens is 409 g/mol. The molecule has 0 saturated carbocycles. The summed E-state index contributed by atoms with van der Waals surface area (Å²) in [5.74, 6) is -0.210. The van der Waals surface area contributed by atoms with Crippen molar-refractivity contribution < 1.29 is 10.0 Å². The summed E-state index contributed by atoms with van der Waals surface area (Å²) in [4.78, 5) is 14.1. The van der Waals surface area contributed by atoms with Crippen molar-refractivity contribution in [3.8, 4) is 5.75 Å². The number of thiophene rings is 1. The number of aromatic hydroxyl groups is 1. The van der Waals surface area contributed by atoms with Crippen LogP contribution >= 0.6 is 47.8 Å². The fraction of sp³-hybridized carbons (Fsp3) is 0.333. The van der Waals surface area contributed by atoms with Crippen LogP contribution in [0.5, 0.6) is 5.75 Å². The lowest BCUT2D eigenvalue weighted by molar-refractivity contribution is -0.386. The Morgan fingerprint density at radius 2 is 1.96 bits per heavy atom. The maximum absolute atomic E-state index is 11.5. The van der Waals surface area contributed by atoms with Gasteiger partial charge in [0, 0.05) is 37.1 Å². The quantitative estimate of drug-likeness (QED) is 0.573. The van der Waals surface area contributed by atoms with E-state index in [-0.39, 0.29) is 52.9 Å². The van der Waals surface area contributed by atoms with Gasteiger partial charge in [0.1, 0.15) is 5.75 Å². The van der Waals surface area contributed by atoms with E-state index in [2.05, 4.69) is 10.2 Å². The van der Waals surface area contributed by atoms with Gasteiger partial charge >= 0.3 is 0 Å². The van der Waals surface area contributed by atoms with E-state index in [4.69, 9.17) is 11.6 Å². The number of halogens is 3. The first kappa shape index (κ1) is 22.0. The second-order valence-corrected chi connectivity index (χ2v) is 6.68. The number of benzene rings is 1. The molecule has 10 heteroatoms. The van der Waals surface area contributed by atoms with Crippen LogP contribution < -0.4 is 5.32 Å². The Labute approximate surface area is 166 Å². The largest absolute Gasteiger partial charge is 0.506 e. The molecular formula is C15H18Cl3N3O3S. The second-order valence-electron chi connectivity index (χ2n) is 5.29. The zero-order chi connectivity index (χ0) is 16.4. The van der Waals surface area contributed by atoms with Crippen LogP contribution in [0.3, 0.4) is 0 Å². The van der Waals surface area contributed by atoms with Crippen LogP contribution in [0, 0.1) is 10.1 Å². The molecule has 0 amide bonds. The molecule has 6 nitrogen and oxygen atoms in total. The highest BCUT2D eigenvalue weighted by Crippen LogP contribution is 2.44. The van der Waals surface area contributed by atoms with Crippen LogP contribution in [0.4, 0.5) is 5.69 Å². The molecule has 3 rings (SSSR count). The molecule has 1 saturated heterocycles. The van der Waals surface area contributed by atoms with Crippen LogP contribution in [0.1, 0.15) is 16.5 Å². The highest BCUT2D eigenvalue weighted by molar-refractivity contribution is 7.10. The van der Waals surface area contributed by atoms with Gasteiger partial charge in [-0.25, -0.2) is 0 Å². The lowest BCUT2D eigenvalue weighted by atomic mass is 9.99. The van der Waals surface area contributed by atoms with E-state index in [9.17, 15) is 15.2 Å². The normalized spacial score (nSPS) is 15.7. The van der Waals surface area contributed by atoms with E-state index in [1.165, 1.54) is 23.5 Å². The van der Waals surface area contributed by atoms with Crippen molar-refractivity contribution in [2.75, 3.05) is 26.2 Å². The number of nitro benzene ring substituents is 1. The number of nitrogens with one attached hydrogen (secondary N) is 1. The zero-order valence-electron chi connectivity index (χ0n) is 13.1. The molecule has 1 fully saturated rings. The topological polar surface area (TPSA) is 78.6 Å². The molecule has 0 aliphatic carbocycles. The molecule has 0 spiro atoms. The molecule has 2 N–H and O–H groups in total. The number of phenols is 1. The van der Waals surface area contributed by atoms with Gasteiger partial charge < -0.3 is 10.4 Å². The van der Waals surface area contributed by atoms with E-state index >= 15 is 0 Å². The second kappa shape index (κ2) is 9.56. The highest BCUT2D eigenvalue weighted by atomic mass is 35.5. The molecule has 1 aliphatic rings. The standard InChI is InChI=1S/C15H16ClN3O3S.2ClH/c16-10-3-4-11(19(21)22)13(15(10)20)14(12-2-1-9-23-12)18-7-5-17-6-8-18;;/h1-4,9,14,17,20H,5-8H2;2*1H/t14-;;/m1../s1. The smallest absolute Gasteiger partial charge is 0.278 e. The van der Waals surface area contributed by atoms with Crippen molar-refractivity contribution in [3.63, 3.8) is 0 Å². The minimum atomic E-state index is -0.464. The summed E-state index contributed by atoms with van der Waals surface area (Å²) in [7, 11) is 0. The number of nitro groups is 1. The van der Waals surface area contributed by atoms with E-state index in [0.29, 0.717) is 0 Å². The van der Waals surface area contributed by atoms with E-state index in [1.807, 2.05) is 17.5 Å². The van der Waals surface area contributed by atoms with Crippen LogP contribution in [-0.4, -0.2) is 41.1 Å². The van der Waals surface area contributed by atoms with Gasteiger partial charge in [0.2, 0.25) is 0 Å². The molecule has 1 atom stereocenters. The fourth-order valence-corrected chi connectivity index (χ4v) is 3.92. The fourth-order valence-electron chi connectivity index (χ4n) is 2.89. The van der Waals surface area contributed by atoms with Crippen LogP contribution in [-0.2, 0) is 0 Å². The van der Waals surface area contributed by atoms with Crippen molar-refractivity contribution in [2.24, 2.45) is 0 Å². The molecule has 1 aliphatic heterocycles. The monoisotopic (exact) mass is 425 g/mol. The maximum atomic E-state index is 11.5. The maximum Gasteiger partial charge on any atom is 0.278 e. The average molecular weight is 427 g/mol. The summed E-state index contributed by atoms with van der Waals surface area (Å²) in [6.07, 6.45) is 0. The van der Waals surface area contributed by atoms with Gasteiger partial charge in [-0.05, 0) is 17.5 Å². The lowest BCUT2D eigenvalue weighted by Crippen LogP contribution is -2.45. The van der Waals surface area contributed by atoms with Crippen LogP contribution in [0.15, 0.2) is 29.6 Å². The van der Waals surface area contributed by atoms with E-state index in [1.54, 1.807) is 0 Å². The summed E-state index contributed by atoms with van der Waals surface area (Å²) >= 11 is 7.55. The third-order valence-corrected chi connectivity index (χ3v) is 5.17. The Hall–Kier alpha value is -1.09. The van der Waals surface area contributed by atoms with Crippen LogP contribution in [0.25, 0.3) is 0 Å². The summed E-state index contributed by atoms with van der Waals surface area (Å²) in [6.45, 7) is 3.09. The minimum Gasteiger partial charge on any atom is -0.506 e. The number of nitrogens with zero attached hydrogens (tertiary/aromatic N) is 2. The predicted molar refractivity (Wildman–Crippen MR) is 105 cm³/mol. The minimum absolute atomic E-state index is 0.